The van der Waals surface area contributed by atoms with Crippen molar-refractivity contribution in [2.75, 3.05) is 32.7 Å². The van der Waals surface area contributed by atoms with Crippen molar-refractivity contribution in [3.8, 4) is 6.07 Å². The Kier molecular flexibility index (Phi) is 7.18. The van der Waals surface area contributed by atoms with Gasteiger partial charge in [-0.15, -0.1) is 0 Å². The van der Waals surface area contributed by atoms with E-state index >= 15 is 0 Å². The van der Waals surface area contributed by atoms with Crippen LogP contribution in [0.1, 0.15) is 19.3 Å². The van der Waals surface area contributed by atoms with Gasteiger partial charge in [0, 0.05) is 18.9 Å². The summed E-state index contributed by atoms with van der Waals surface area (Å²) in [6.07, 6.45) is 1.89. The van der Waals surface area contributed by atoms with Gasteiger partial charge in [0.15, 0.2) is 0 Å². The number of nitriles is 1. The van der Waals surface area contributed by atoms with Crippen LogP contribution in [-0.2, 0) is 14.4 Å². The molecule has 0 aromatic carbocycles. The van der Waals surface area contributed by atoms with Crippen molar-refractivity contribution in [2.24, 2.45) is 5.92 Å². The van der Waals surface area contributed by atoms with Crippen molar-refractivity contribution in [3.05, 3.63) is 0 Å². The molecule has 0 atom stereocenters. The van der Waals surface area contributed by atoms with Crippen LogP contribution in [0.2, 0.25) is 0 Å². The van der Waals surface area contributed by atoms with Crippen molar-refractivity contribution >= 4 is 17.8 Å². The molecule has 0 spiro atoms. The summed E-state index contributed by atoms with van der Waals surface area (Å²) in [7, 11) is 0. The summed E-state index contributed by atoms with van der Waals surface area (Å²) in [5, 5.41) is 21.6. The number of likely N-dealkylation sites (tertiary alicyclic amines) is 1. The average molecular weight is 296 g/mol. The van der Waals surface area contributed by atoms with Crippen molar-refractivity contribution < 1.29 is 19.5 Å². The van der Waals surface area contributed by atoms with Gasteiger partial charge in [-0.3, -0.25) is 14.4 Å². The Morgan fingerprint density at radius 3 is 2.43 bits per heavy atom. The first kappa shape index (κ1) is 16.9. The summed E-state index contributed by atoms with van der Waals surface area (Å²) >= 11 is 0. The van der Waals surface area contributed by atoms with Crippen LogP contribution in [0.25, 0.3) is 0 Å². The van der Waals surface area contributed by atoms with E-state index in [4.69, 9.17) is 10.4 Å². The Balaban J connectivity index is 2.20. The molecule has 3 N–H and O–H groups in total. The molecule has 116 valence electrons. The molecular weight excluding hydrogens is 276 g/mol. The van der Waals surface area contributed by atoms with E-state index < -0.39 is 18.4 Å². The second kappa shape index (κ2) is 8.92. The van der Waals surface area contributed by atoms with Gasteiger partial charge in [-0.1, -0.05) is 0 Å². The second-order valence-electron chi connectivity index (χ2n) is 4.91. The molecule has 2 amide bonds. The van der Waals surface area contributed by atoms with Gasteiger partial charge in [0.05, 0.1) is 12.6 Å². The maximum Gasteiger partial charge on any atom is 0.322 e. The van der Waals surface area contributed by atoms with E-state index in [2.05, 4.69) is 21.6 Å². The number of hydrogen-bond acceptors (Lipinski definition) is 5. The predicted molar refractivity (Wildman–Crippen MR) is 73.0 cm³/mol. The summed E-state index contributed by atoms with van der Waals surface area (Å²) in [5.74, 6) is -1.95. The van der Waals surface area contributed by atoms with E-state index in [0.717, 1.165) is 19.6 Å². The van der Waals surface area contributed by atoms with E-state index in [1.807, 2.05) is 0 Å². The highest BCUT2D eigenvalue weighted by Crippen LogP contribution is 2.17. The number of carboxylic acids is 1. The van der Waals surface area contributed by atoms with E-state index in [1.165, 1.54) is 0 Å². The molecule has 1 rings (SSSR count). The van der Waals surface area contributed by atoms with Gasteiger partial charge < -0.3 is 20.6 Å². The number of carboxylic acid groups (broad SMARTS) is 1. The van der Waals surface area contributed by atoms with Crippen LogP contribution < -0.4 is 10.6 Å². The number of amides is 2. The van der Waals surface area contributed by atoms with E-state index in [1.54, 1.807) is 0 Å². The summed E-state index contributed by atoms with van der Waals surface area (Å²) in [6.45, 7) is 1.60. The fraction of sp³-hybridized carbons (Fsp3) is 0.692. The van der Waals surface area contributed by atoms with Gasteiger partial charge in [0.25, 0.3) is 0 Å². The third-order valence-electron chi connectivity index (χ3n) is 3.36. The normalized spacial score (nSPS) is 16.0. The monoisotopic (exact) mass is 296 g/mol. The SMILES string of the molecule is N#CCCN1CCC(C(=O)NCC(=O)NCC(=O)O)CC1. The smallest absolute Gasteiger partial charge is 0.322 e. The van der Waals surface area contributed by atoms with Crippen molar-refractivity contribution in [1.29, 1.82) is 5.26 Å². The topological polar surface area (TPSA) is 123 Å². The lowest BCUT2D eigenvalue weighted by molar-refractivity contribution is -0.137. The molecular formula is C13H20N4O4. The molecule has 1 saturated heterocycles. The lowest BCUT2D eigenvalue weighted by Gasteiger charge is -2.30. The van der Waals surface area contributed by atoms with Crippen LogP contribution in [0.4, 0.5) is 0 Å². The first-order valence-corrected chi connectivity index (χ1v) is 6.88. The summed E-state index contributed by atoms with van der Waals surface area (Å²) in [4.78, 5) is 35.6. The molecule has 0 radical (unpaired) electrons. The van der Waals surface area contributed by atoms with Gasteiger partial charge in [-0.25, -0.2) is 0 Å². The number of nitrogens with one attached hydrogen (secondary N) is 2. The quantitative estimate of drug-likeness (QED) is 0.550. The molecule has 0 aromatic rings. The Morgan fingerprint density at radius 1 is 1.19 bits per heavy atom. The molecule has 0 unspecified atom stereocenters. The molecule has 21 heavy (non-hydrogen) atoms. The van der Waals surface area contributed by atoms with Crippen LogP contribution in [0.5, 0.6) is 0 Å². The van der Waals surface area contributed by atoms with E-state index in [0.29, 0.717) is 19.3 Å². The highest BCUT2D eigenvalue weighted by atomic mass is 16.4. The summed E-state index contributed by atoms with van der Waals surface area (Å²) < 4.78 is 0. The van der Waals surface area contributed by atoms with Crippen molar-refractivity contribution in [2.45, 2.75) is 19.3 Å². The summed E-state index contributed by atoms with van der Waals surface area (Å²) in [5.41, 5.74) is 0. The van der Waals surface area contributed by atoms with Gasteiger partial charge in [-0.2, -0.15) is 5.26 Å². The molecule has 8 nitrogen and oxygen atoms in total. The minimum Gasteiger partial charge on any atom is -0.480 e. The zero-order valence-corrected chi connectivity index (χ0v) is 11.8. The first-order valence-electron chi connectivity index (χ1n) is 6.88. The number of hydrogen-bond donors (Lipinski definition) is 3. The third-order valence-corrected chi connectivity index (χ3v) is 3.36. The van der Waals surface area contributed by atoms with Gasteiger partial charge in [-0.05, 0) is 25.9 Å². The number of carbonyl (C=O) groups excluding carboxylic acids is 2. The largest absolute Gasteiger partial charge is 0.480 e. The molecule has 0 bridgehead atoms. The van der Waals surface area contributed by atoms with Crippen LogP contribution >= 0.6 is 0 Å². The molecule has 8 heteroatoms. The average Bonchev–Trinajstić information content (AvgIpc) is 2.49. The lowest BCUT2D eigenvalue weighted by atomic mass is 9.96. The number of nitrogens with zero attached hydrogens (tertiary/aromatic N) is 2. The summed E-state index contributed by atoms with van der Waals surface area (Å²) in [6, 6.07) is 2.09. The Morgan fingerprint density at radius 2 is 1.86 bits per heavy atom. The van der Waals surface area contributed by atoms with Crippen LogP contribution in [0.15, 0.2) is 0 Å². The zero-order valence-electron chi connectivity index (χ0n) is 11.8. The zero-order chi connectivity index (χ0) is 15.7. The fourth-order valence-corrected chi connectivity index (χ4v) is 2.18. The number of carbonyl (C=O) groups is 3. The second-order valence-corrected chi connectivity index (χ2v) is 4.91. The Hall–Kier alpha value is -2.14. The molecule has 0 saturated carbocycles. The van der Waals surface area contributed by atoms with E-state index in [-0.39, 0.29) is 18.4 Å². The maximum atomic E-state index is 11.9. The molecule has 0 aromatic heterocycles. The minimum absolute atomic E-state index is 0.129. The molecule has 1 fully saturated rings. The highest BCUT2D eigenvalue weighted by molar-refractivity contribution is 5.87. The molecule has 0 aliphatic carbocycles. The molecule has 1 heterocycles. The Labute approximate surface area is 123 Å². The van der Waals surface area contributed by atoms with E-state index in [9.17, 15) is 14.4 Å². The number of piperidine rings is 1. The molecule has 1 aliphatic rings. The van der Waals surface area contributed by atoms with Crippen molar-refractivity contribution in [1.82, 2.24) is 15.5 Å². The van der Waals surface area contributed by atoms with Crippen LogP contribution in [-0.4, -0.2) is 60.5 Å². The Bertz CT molecular complexity index is 424. The van der Waals surface area contributed by atoms with Gasteiger partial charge in [0.1, 0.15) is 6.54 Å². The standard InChI is InChI=1S/C13H20N4O4/c14-4-1-5-17-6-2-10(3-7-17)13(21)16-8-11(18)15-9-12(19)20/h10H,1-3,5-9H2,(H,15,18)(H,16,21)(H,19,20). The maximum absolute atomic E-state index is 11.9. The highest BCUT2D eigenvalue weighted by Gasteiger charge is 2.24. The first-order chi connectivity index (χ1) is 10.0. The number of rotatable bonds is 7. The third kappa shape index (κ3) is 6.72. The fourth-order valence-electron chi connectivity index (χ4n) is 2.18. The van der Waals surface area contributed by atoms with Crippen molar-refractivity contribution in [3.63, 3.8) is 0 Å². The van der Waals surface area contributed by atoms with Gasteiger partial charge >= 0.3 is 5.97 Å². The minimum atomic E-state index is -1.13. The van der Waals surface area contributed by atoms with Gasteiger partial charge in [0.2, 0.25) is 11.8 Å². The predicted octanol–water partition coefficient (Wildman–Crippen LogP) is -1.07. The number of aliphatic carboxylic acids is 1. The van der Waals surface area contributed by atoms with Crippen LogP contribution in [0.3, 0.4) is 0 Å². The lowest BCUT2D eigenvalue weighted by Crippen LogP contribution is -2.44. The molecule has 1 aliphatic heterocycles. The van der Waals surface area contributed by atoms with Crippen LogP contribution in [0, 0.1) is 17.2 Å².